The number of nitrogen functional groups attached to an aromatic ring is 1. The Bertz CT molecular complexity index is 975. The van der Waals surface area contributed by atoms with Gasteiger partial charge in [0.25, 0.3) is 6.43 Å². The number of aliphatic hydroxyl groups excluding tert-OH is 1. The van der Waals surface area contributed by atoms with Crippen molar-refractivity contribution in [1.29, 1.82) is 0 Å². The van der Waals surface area contributed by atoms with Crippen molar-refractivity contribution in [1.82, 2.24) is 24.9 Å². The highest BCUT2D eigenvalue weighted by molar-refractivity contribution is 5.89. The van der Waals surface area contributed by atoms with Crippen molar-refractivity contribution in [2.45, 2.75) is 25.5 Å². The van der Waals surface area contributed by atoms with Gasteiger partial charge in [-0.1, -0.05) is 0 Å². The van der Waals surface area contributed by atoms with Gasteiger partial charge < -0.3 is 25.2 Å². The number of nitrogens with zero attached hydrogens (tertiary/aromatic N) is 7. The van der Waals surface area contributed by atoms with Crippen LogP contribution < -0.4 is 15.5 Å². The molecule has 31 heavy (non-hydrogen) atoms. The molecule has 0 aromatic carbocycles. The van der Waals surface area contributed by atoms with Gasteiger partial charge in [-0.3, -0.25) is 0 Å². The van der Waals surface area contributed by atoms with E-state index in [4.69, 9.17) is 15.2 Å². The number of amides is 1. The van der Waals surface area contributed by atoms with Gasteiger partial charge in [0, 0.05) is 19.3 Å². The Hall–Kier alpha value is -3.26. The van der Waals surface area contributed by atoms with Gasteiger partial charge in [0.1, 0.15) is 17.8 Å². The van der Waals surface area contributed by atoms with Gasteiger partial charge in [-0.2, -0.15) is 15.0 Å². The number of alkyl halides is 2. The number of hydrogen-bond acceptors (Lipinski definition) is 11. The average Bonchev–Trinajstić information content (AvgIpc) is 3.06. The van der Waals surface area contributed by atoms with Crippen LogP contribution in [0.3, 0.4) is 0 Å². The Kier molecular flexibility index (Phi) is 5.73. The van der Waals surface area contributed by atoms with E-state index in [9.17, 15) is 18.7 Å². The van der Waals surface area contributed by atoms with Crippen molar-refractivity contribution in [2.24, 2.45) is 0 Å². The monoisotopic (exact) mass is 438 g/mol. The number of halogens is 2. The lowest BCUT2D eigenvalue weighted by Gasteiger charge is -2.28. The van der Waals surface area contributed by atoms with Crippen molar-refractivity contribution in [3.63, 3.8) is 0 Å². The van der Waals surface area contributed by atoms with Crippen molar-refractivity contribution >= 4 is 23.9 Å². The molecule has 2 atom stereocenters. The molecule has 0 unspecified atom stereocenters. The number of nitrogens with two attached hydrogens (primary N) is 1. The number of carbonyl (C=O) groups excluding carboxylic acids is 1. The average molecular weight is 438 g/mol. The fourth-order valence-electron chi connectivity index (χ4n) is 3.33. The summed E-state index contributed by atoms with van der Waals surface area (Å²) >= 11 is 0. The Morgan fingerprint density at radius 3 is 2.61 bits per heavy atom. The van der Waals surface area contributed by atoms with E-state index in [1.54, 1.807) is 11.8 Å². The number of rotatable bonds is 5. The minimum Gasteiger partial charge on any atom is -0.444 e. The van der Waals surface area contributed by atoms with Crippen LogP contribution in [0.1, 0.15) is 19.0 Å². The lowest BCUT2D eigenvalue weighted by atomic mass is 10.2. The van der Waals surface area contributed by atoms with Crippen LogP contribution in [-0.2, 0) is 9.47 Å². The summed E-state index contributed by atoms with van der Waals surface area (Å²) in [5.74, 6) is -0.467. The number of aromatic nitrogens is 5. The smallest absolute Gasteiger partial charge is 0.417 e. The first kappa shape index (κ1) is 21.0. The number of morpholine rings is 1. The Morgan fingerprint density at radius 2 is 1.94 bits per heavy atom. The minimum absolute atomic E-state index is 0.142. The van der Waals surface area contributed by atoms with E-state index < -0.39 is 37.0 Å². The van der Waals surface area contributed by atoms with E-state index in [2.05, 4.69) is 24.9 Å². The highest BCUT2D eigenvalue weighted by Gasteiger charge is 2.42. The van der Waals surface area contributed by atoms with E-state index >= 15 is 0 Å². The predicted molar refractivity (Wildman–Crippen MR) is 103 cm³/mol. The Morgan fingerprint density at radius 1 is 1.23 bits per heavy atom. The summed E-state index contributed by atoms with van der Waals surface area (Å²) in [5, 5.41) is 9.73. The van der Waals surface area contributed by atoms with E-state index in [1.807, 2.05) is 0 Å². The summed E-state index contributed by atoms with van der Waals surface area (Å²) in [7, 11) is 0. The van der Waals surface area contributed by atoms with Crippen LogP contribution in [0, 0.1) is 0 Å². The molecule has 0 bridgehead atoms. The molecule has 0 saturated carbocycles. The van der Waals surface area contributed by atoms with E-state index in [0.717, 1.165) is 11.1 Å². The first-order valence-electron chi connectivity index (χ1n) is 9.49. The second kappa shape index (κ2) is 8.47. The molecule has 0 spiro atoms. The van der Waals surface area contributed by atoms with Gasteiger partial charge in [-0.25, -0.2) is 28.4 Å². The maximum Gasteiger partial charge on any atom is 0.417 e. The van der Waals surface area contributed by atoms with Gasteiger partial charge in [-0.05, 0) is 6.92 Å². The van der Waals surface area contributed by atoms with Crippen molar-refractivity contribution in [2.75, 3.05) is 48.4 Å². The largest absolute Gasteiger partial charge is 0.444 e. The second-order valence-electron chi connectivity index (χ2n) is 6.90. The minimum atomic E-state index is -2.96. The van der Waals surface area contributed by atoms with Crippen LogP contribution in [0.4, 0.5) is 31.4 Å². The van der Waals surface area contributed by atoms with Gasteiger partial charge in [0.15, 0.2) is 5.82 Å². The maximum absolute atomic E-state index is 13.6. The number of hydrogen-bond donors (Lipinski definition) is 2. The molecule has 2 aromatic rings. The number of carbonyl (C=O) groups is 1. The molecule has 3 N–H and O–H groups in total. The maximum atomic E-state index is 13.6. The van der Waals surface area contributed by atoms with Crippen LogP contribution in [0.2, 0.25) is 0 Å². The first-order valence-corrected chi connectivity index (χ1v) is 9.49. The van der Waals surface area contributed by atoms with Gasteiger partial charge in [0.2, 0.25) is 17.8 Å². The van der Waals surface area contributed by atoms with Crippen molar-refractivity contribution in [3.8, 4) is 11.4 Å². The number of ether oxygens (including phenoxy) is 2. The molecule has 4 rings (SSSR count). The lowest BCUT2D eigenvalue weighted by molar-refractivity contribution is 0.122. The first-order chi connectivity index (χ1) is 14.9. The summed E-state index contributed by atoms with van der Waals surface area (Å²) in [5.41, 5.74) is 4.67. The number of cyclic esters (lactones) is 1. The third kappa shape index (κ3) is 4.03. The molecule has 0 aliphatic carbocycles. The van der Waals surface area contributed by atoms with Crippen LogP contribution in [0.5, 0.6) is 0 Å². The van der Waals surface area contributed by atoms with Gasteiger partial charge in [-0.15, -0.1) is 0 Å². The molecular weight excluding hydrogens is 418 g/mol. The molecule has 2 aliphatic rings. The molecule has 12 nitrogen and oxygen atoms in total. The zero-order chi connectivity index (χ0) is 22.1. The lowest BCUT2D eigenvalue weighted by Crippen LogP contribution is -2.41. The Labute approximate surface area is 175 Å². The molecule has 2 aliphatic heterocycles. The molecule has 2 fully saturated rings. The summed E-state index contributed by atoms with van der Waals surface area (Å²) in [6.07, 6.45) is -3.25. The predicted octanol–water partition coefficient (Wildman–Crippen LogP) is 0.391. The third-order valence-electron chi connectivity index (χ3n) is 4.95. The summed E-state index contributed by atoms with van der Waals surface area (Å²) < 4.78 is 37.7. The summed E-state index contributed by atoms with van der Waals surface area (Å²) in [6, 6.07) is -0.752. The van der Waals surface area contributed by atoms with Crippen LogP contribution in [0.15, 0.2) is 6.20 Å². The molecular formula is C17H20F2N8O4. The molecule has 14 heteroatoms. The quantitative estimate of drug-likeness (QED) is 0.666. The van der Waals surface area contributed by atoms with E-state index in [-0.39, 0.29) is 29.2 Å². The molecule has 1 amide bonds. The zero-order valence-corrected chi connectivity index (χ0v) is 16.5. The van der Waals surface area contributed by atoms with Crippen LogP contribution >= 0.6 is 0 Å². The Balaban J connectivity index is 1.86. The third-order valence-corrected chi connectivity index (χ3v) is 4.95. The van der Waals surface area contributed by atoms with Crippen LogP contribution in [0.25, 0.3) is 11.4 Å². The number of anilines is 3. The zero-order valence-electron chi connectivity index (χ0n) is 16.5. The molecule has 166 valence electrons. The SMILES string of the molecule is C[C@H]1OC(=O)N(c2nc(-c3cnc(N)nc3C(F)F)nc(N3CCOCC3)n2)[C@H]1CO. The van der Waals surface area contributed by atoms with E-state index in [0.29, 0.717) is 26.3 Å². The summed E-state index contributed by atoms with van der Waals surface area (Å²) in [6.45, 7) is 2.96. The highest BCUT2D eigenvalue weighted by atomic mass is 19.3. The normalized spacial score (nSPS) is 21.6. The second-order valence-corrected chi connectivity index (χ2v) is 6.90. The number of aliphatic hydroxyl groups is 1. The van der Waals surface area contributed by atoms with E-state index in [1.165, 1.54) is 0 Å². The van der Waals surface area contributed by atoms with Crippen LogP contribution in [-0.4, -0.2) is 81.2 Å². The standard InChI is InChI=1S/C17H20F2N8O4/c1-8-10(7-28)27(17(29)31-8)16-24-13(9-6-21-14(20)22-11(9)12(18)19)23-15(25-16)26-2-4-30-5-3-26/h6,8,10,12,28H,2-5,7H2,1H3,(H2,20,21,22)/t8-,10+/m1/s1. The van der Waals surface area contributed by atoms with Crippen molar-refractivity contribution in [3.05, 3.63) is 11.9 Å². The molecule has 2 aromatic heterocycles. The summed E-state index contributed by atoms with van der Waals surface area (Å²) in [4.78, 5) is 35.5. The molecule has 4 heterocycles. The van der Waals surface area contributed by atoms with Crippen molar-refractivity contribution < 1.29 is 28.2 Å². The molecule has 0 radical (unpaired) electrons. The fraction of sp³-hybridized carbons (Fsp3) is 0.529. The highest BCUT2D eigenvalue weighted by Crippen LogP contribution is 2.31. The fourth-order valence-corrected chi connectivity index (χ4v) is 3.33. The van der Waals surface area contributed by atoms with Gasteiger partial charge in [0.05, 0.1) is 25.4 Å². The molecule has 2 saturated heterocycles. The topological polar surface area (TPSA) is 153 Å². The van der Waals surface area contributed by atoms with Gasteiger partial charge >= 0.3 is 6.09 Å².